The van der Waals surface area contributed by atoms with Crippen molar-refractivity contribution in [2.24, 2.45) is 0 Å². The van der Waals surface area contributed by atoms with Gasteiger partial charge in [0.05, 0.1) is 4.43 Å². The summed E-state index contributed by atoms with van der Waals surface area (Å²) < 4.78 is 30.6. The van der Waals surface area contributed by atoms with Crippen molar-refractivity contribution >= 4 is 21.2 Å². The maximum absolute atomic E-state index is 11.8. The monoisotopic (exact) mass is 272 g/mol. The van der Waals surface area contributed by atoms with Crippen molar-refractivity contribution in [3.8, 4) is 0 Å². The van der Waals surface area contributed by atoms with Crippen LogP contribution in [0.1, 0.15) is 11.1 Å². The van der Waals surface area contributed by atoms with Crippen LogP contribution in [0.5, 0.6) is 0 Å². The normalized spacial score (nSPS) is 13.7. The highest BCUT2D eigenvalue weighted by Gasteiger charge is 2.27. The third-order valence-corrected chi connectivity index (χ3v) is 3.16. The van der Waals surface area contributed by atoms with Gasteiger partial charge in [-0.25, -0.2) is 0 Å². The Morgan fingerprint density at radius 3 is 2.56 bits per heavy atom. The number of benzene rings is 1. The van der Waals surface area contributed by atoms with Gasteiger partial charge in [-0.3, -0.25) is 4.55 Å². The van der Waals surface area contributed by atoms with Crippen molar-refractivity contribution in [2.75, 3.05) is 0 Å². The molecule has 2 N–H and O–H groups in total. The summed E-state index contributed by atoms with van der Waals surface area (Å²) in [5.74, 6) is 0. The Kier molecular flexibility index (Phi) is 2.81. The Labute approximate surface area is 101 Å². The van der Waals surface area contributed by atoms with Crippen LogP contribution in [-0.2, 0) is 10.1 Å². The van der Waals surface area contributed by atoms with E-state index in [0.717, 1.165) is 0 Å². The second-order valence-electron chi connectivity index (χ2n) is 3.53. The zero-order valence-corrected chi connectivity index (χ0v) is 9.61. The number of para-hydroxylation sites is 2. The molecule has 0 radical (unpaired) electrons. The van der Waals surface area contributed by atoms with Crippen LogP contribution in [0.15, 0.2) is 30.5 Å². The molecule has 2 aromatic rings. The summed E-state index contributed by atoms with van der Waals surface area (Å²) in [5.41, 5.74) is -3.35. The van der Waals surface area contributed by atoms with E-state index in [9.17, 15) is 23.6 Å². The molecule has 0 aliphatic heterocycles. The predicted molar refractivity (Wildman–Crippen MR) is 60.6 cm³/mol. The molecule has 0 fully saturated rings. The molecule has 0 bridgehead atoms. The summed E-state index contributed by atoms with van der Waals surface area (Å²) >= 11 is 0. The average Bonchev–Trinajstić information content (AvgIpc) is 2.32. The third kappa shape index (κ3) is 1.94. The van der Waals surface area contributed by atoms with E-state index in [0.29, 0.717) is 6.20 Å². The minimum atomic E-state index is -4.88. The van der Waals surface area contributed by atoms with Gasteiger partial charge in [-0.2, -0.15) is 8.42 Å². The largest absolute Gasteiger partial charge is 0.805 e. The first-order chi connectivity index (χ1) is 8.32. The molecular weight excluding hydrogens is 264 g/mol. The quantitative estimate of drug-likeness (QED) is 0.575. The molecule has 1 unspecified atom stereocenters. The van der Waals surface area contributed by atoms with E-state index in [1.807, 2.05) is 0 Å². The molecule has 0 aliphatic rings. The third-order valence-electron chi connectivity index (χ3n) is 2.36. The minimum absolute atomic E-state index is 0.0128. The summed E-state index contributed by atoms with van der Waals surface area (Å²) in [6, 6.07) is 5.65. The van der Waals surface area contributed by atoms with Crippen molar-refractivity contribution in [1.82, 2.24) is 4.73 Å². The molecule has 9 heteroatoms. The topological polar surface area (TPSA) is 126 Å². The molecule has 0 saturated carbocycles. The fourth-order valence-electron chi connectivity index (χ4n) is 1.52. The van der Waals surface area contributed by atoms with Crippen LogP contribution in [0.3, 0.4) is 0 Å². The lowest BCUT2D eigenvalue weighted by Gasteiger charge is -2.18. The molecule has 2 rings (SSSR count). The first kappa shape index (κ1) is 12.5. The minimum Gasteiger partial charge on any atom is -0.805 e. The smallest absolute Gasteiger partial charge is 0.298 e. The Morgan fingerprint density at radius 2 is 1.94 bits per heavy atom. The second kappa shape index (κ2) is 4.05. The molecule has 96 valence electrons. The van der Waals surface area contributed by atoms with Gasteiger partial charge in [0.25, 0.3) is 21.8 Å². The molecular formula is C9H8N2O6S. The van der Waals surface area contributed by atoms with Gasteiger partial charge in [0.2, 0.25) is 5.44 Å². The molecule has 0 spiro atoms. The first-order valence-electron chi connectivity index (χ1n) is 4.71. The number of hydrogen-bond acceptors (Lipinski definition) is 5. The summed E-state index contributed by atoms with van der Waals surface area (Å²) in [6.45, 7) is 0. The van der Waals surface area contributed by atoms with E-state index in [1.54, 1.807) is 0 Å². The van der Waals surface area contributed by atoms with E-state index in [-0.39, 0.29) is 20.2 Å². The van der Waals surface area contributed by atoms with Gasteiger partial charge in [-0.15, -0.1) is 0 Å². The number of fused-ring (bicyclic) bond motifs is 1. The van der Waals surface area contributed by atoms with Crippen LogP contribution < -0.4 is 4.43 Å². The van der Waals surface area contributed by atoms with Crippen molar-refractivity contribution in [1.29, 1.82) is 0 Å². The van der Waals surface area contributed by atoms with Gasteiger partial charge in [0.15, 0.2) is 0 Å². The van der Waals surface area contributed by atoms with Gasteiger partial charge >= 0.3 is 0 Å². The zero-order chi connectivity index (χ0) is 13.5. The molecule has 1 aromatic heterocycles. The molecule has 0 amide bonds. The van der Waals surface area contributed by atoms with Gasteiger partial charge in [0.1, 0.15) is 11.2 Å². The summed E-state index contributed by atoms with van der Waals surface area (Å²) in [5, 5.41) is 21.1. The molecule has 0 saturated heterocycles. The molecule has 18 heavy (non-hydrogen) atoms. The Balaban J connectivity index is 2.83. The Hall–Kier alpha value is -1.97. The summed E-state index contributed by atoms with van der Waals surface area (Å²) in [6.07, 6.45) is 0.605. The molecule has 1 atom stereocenters. The van der Waals surface area contributed by atoms with E-state index in [4.69, 9.17) is 4.55 Å². The standard InChI is InChI=1S/C9H8N2O6S/c12-9(18(15,16)17)8-5-10(13)6-3-1-2-4-7(6)11(8)14/h1-5,9,12H,(H,15,16,17). The number of hydrogen-bond donors (Lipinski definition) is 2. The number of aliphatic hydroxyl groups is 1. The van der Waals surface area contributed by atoms with E-state index in [2.05, 4.69) is 0 Å². The van der Waals surface area contributed by atoms with Crippen LogP contribution in [0.25, 0.3) is 11.0 Å². The highest BCUT2D eigenvalue weighted by atomic mass is 32.2. The summed E-state index contributed by atoms with van der Waals surface area (Å²) in [4.78, 5) is 11.6. The highest BCUT2D eigenvalue weighted by molar-refractivity contribution is 7.85. The average molecular weight is 272 g/mol. The van der Waals surface area contributed by atoms with E-state index >= 15 is 0 Å². The highest BCUT2D eigenvalue weighted by Crippen LogP contribution is 2.19. The first-order valence-corrected chi connectivity index (χ1v) is 6.21. The van der Waals surface area contributed by atoms with E-state index < -0.39 is 21.2 Å². The lowest BCUT2D eigenvalue weighted by atomic mass is 10.3. The van der Waals surface area contributed by atoms with Crippen LogP contribution in [0, 0.1) is 10.1 Å². The maximum atomic E-state index is 11.8. The van der Waals surface area contributed by atoms with E-state index in [1.165, 1.54) is 24.3 Å². The van der Waals surface area contributed by atoms with Crippen molar-refractivity contribution in [3.63, 3.8) is 0 Å². The SMILES string of the molecule is O=[n+]1cc(C(O)S(=O)(=O)O)n([O-])c2ccccc21. The van der Waals surface area contributed by atoms with Crippen LogP contribution in [0.4, 0.5) is 0 Å². The predicted octanol–water partition coefficient (Wildman–Crippen LogP) is -0.220. The number of aliphatic hydroxyl groups excluding tert-OH is 1. The van der Waals surface area contributed by atoms with Crippen LogP contribution in [0.2, 0.25) is 0 Å². The lowest BCUT2D eigenvalue weighted by molar-refractivity contribution is -0.465. The van der Waals surface area contributed by atoms with Gasteiger partial charge in [-0.1, -0.05) is 12.1 Å². The summed E-state index contributed by atoms with van der Waals surface area (Å²) in [7, 11) is -4.88. The molecule has 1 heterocycles. The fourth-order valence-corrected chi connectivity index (χ4v) is 1.98. The lowest BCUT2D eigenvalue weighted by Crippen LogP contribution is -2.24. The van der Waals surface area contributed by atoms with Crippen molar-refractivity contribution in [3.05, 3.63) is 46.3 Å². The fraction of sp³-hybridized carbons (Fsp3) is 0.111. The molecule has 8 nitrogen and oxygen atoms in total. The number of aromatic nitrogens is 2. The van der Waals surface area contributed by atoms with Gasteiger partial charge in [-0.05, 0) is 6.07 Å². The van der Waals surface area contributed by atoms with Crippen molar-refractivity contribution < 1.29 is 22.5 Å². The van der Waals surface area contributed by atoms with Crippen LogP contribution in [-0.4, -0.2) is 22.8 Å². The maximum Gasteiger partial charge on any atom is 0.298 e. The Morgan fingerprint density at radius 1 is 1.33 bits per heavy atom. The van der Waals surface area contributed by atoms with Crippen molar-refractivity contribution in [2.45, 2.75) is 5.44 Å². The van der Waals surface area contributed by atoms with Gasteiger partial charge < -0.3 is 15.0 Å². The number of rotatable bonds is 2. The molecule has 1 aromatic carbocycles. The second-order valence-corrected chi connectivity index (χ2v) is 5.01. The zero-order valence-electron chi connectivity index (χ0n) is 8.79. The van der Waals surface area contributed by atoms with Crippen LogP contribution >= 0.6 is 0 Å². The Bertz CT molecular complexity index is 766. The molecule has 0 aliphatic carbocycles. The number of nitrogens with zero attached hydrogens (tertiary/aromatic N) is 2. The van der Waals surface area contributed by atoms with Gasteiger partial charge in [0, 0.05) is 11.0 Å².